The van der Waals surface area contributed by atoms with Gasteiger partial charge in [-0.15, -0.1) is 0 Å². The Balaban J connectivity index is 2.15. The summed E-state index contributed by atoms with van der Waals surface area (Å²) in [5.74, 6) is 0.458. The number of nitrogens with two attached hydrogens (primary N) is 1. The van der Waals surface area contributed by atoms with E-state index in [1.54, 1.807) is 0 Å². The SMILES string of the molecule is CC(C)CCC(=O)NCC(=O)N1CCC(OCCCN)CC1. The number of carbonyl (C=O) groups is 2. The van der Waals surface area contributed by atoms with Gasteiger partial charge in [-0.25, -0.2) is 0 Å². The van der Waals surface area contributed by atoms with E-state index in [0.717, 1.165) is 25.7 Å². The second-order valence-electron chi connectivity index (χ2n) is 6.30. The number of likely N-dealkylation sites (tertiary alicyclic amines) is 1. The number of ether oxygens (including phenoxy) is 1. The standard InChI is InChI=1S/C16H31N3O3/c1-13(2)4-5-15(20)18-12-16(21)19-9-6-14(7-10-19)22-11-3-8-17/h13-14H,3-12,17H2,1-2H3,(H,18,20). The Morgan fingerprint density at radius 2 is 2.00 bits per heavy atom. The molecule has 1 heterocycles. The Kier molecular flexibility index (Phi) is 9.08. The Morgan fingerprint density at radius 1 is 1.32 bits per heavy atom. The smallest absolute Gasteiger partial charge is 0.241 e. The lowest BCUT2D eigenvalue weighted by Gasteiger charge is -2.32. The fourth-order valence-corrected chi connectivity index (χ4v) is 2.40. The summed E-state index contributed by atoms with van der Waals surface area (Å²) in [6.45, 7) is 7.02. The van der Waals surface area contributed by atoms with Gasteiger partial charge in [-0.2, -0.15) is 0 Å². The third-order valence-electron chi connectivity index (χ3n) is 3.88. The van der Waals surface area contributed by atoms with Gasteiger partial charge in [0, 0.05) is 26.1 Å². The molecule has 1 aliphatic rings. The van der Waals surface area contributed by atoms with Gasteiger partial charge in [0.2, 0.25) is 11.8 Å². The largest absolute Gasteiger partial charge is 0.378 e. The molecule has 6 nitrogen and oxygen atoms in total. The normalized spacial score (nSPS) is 16.1. The van der Waals surface area contributed by atoms with Crippen molar-refractivity contribution in [2.75, 3.05) is 32.8 Å². The summed E-state index contributed by atoms with van der Waals surface area (Å²) in [5, 5.41) is 2.71. The topological polar surface area (TPSA) is 84.7 Å². The van der Waals surface area contributed by atoms with Crippen LogP contribution in [0.3, 0.4) is 0 Å². The second-order valence-corrected chi connectivity index (χ2v) is 6.30. The summed E-state index contributed by atoms with van der Waals surface area (Å²) in [6, 6.07) is 0. The molecule has 0 aromatic carbocycles. The summed E-state index contributed by atoms with van der Waals surface area (Å²) in [6.07, 6.45) is 4.17. The highest BCUT2D eigenvalue weighted by Crippen LogP contribution is 2.14. The summed E-state index contributed by atoms with van der Waals surface area (Å²) in [7, 11) is 0. The Morgan fingerprint density at radius 3 is 2.59 bits per heavy atom. The predicted octanol–water partition coefficient (Wildman–Crippen LogP) is 0.895. The van der Waals surface area contributed by atoms with Crippen LogP contribution in [0, 0.1) is 5.92 Å². The predicted molar refractivity (Wildman–Crippen MR) is 86.3 cm³/mol. The van der Waals surface area contributed by atoms with Crippen LogP contribution in [0.5, 0.6) is 0 Å². The molecule has 2 amide bonds. The molecule has 0 spiro atoms. The Hall–Kier alpha value is -1.14. The number of hydrogen-bond donors (Lipinski definition) is 2. The number of hydrogen-bond acceptors (Lipinski definition) is 4. The van der Waals surface area contributed by atoms with E-state index >= 15 is 0 Å². The zero-order valence-electron chi connectivity index (χ0n) is 14.0. The van der Waals surface area contributed by atoms with Crippen LogP contribution in [0.2, 0.25) is 0 Å². The van der Waals surface area contributed by atoms with Crippen molar-refractivity contribution in [1.82, 2.24) is 10.2 Å². The first-order valence-electron chi connectivity index (χ1n) is 8.39. The van der Waals surface area contributed by atoms with E-state index in [-0.39, 0.29) is 24.5 Å². The minimum absolute atomic E-state index is 0.00157. The molecular weight excluding hydrogens is 282 g/mol. The number of nitrogens with one attached hydrogen (secondary N) is 1. The van der Waals surface area contributed by atoms with E-state index in [1.165, 1.54) is 0 Å². The maximum Gasteiger partial charge on any atom is 0.241 e. The molecule has 6 heteroatoms. The van der Waals surface area contributed by atoms with Gasteiger partial charge in [-0.05, 0) is 38.1 Å². The molecule has 0 saturated carbocycles. The molecule has 1 rings (SSSR count). The molecule has 1 fully saturated rings. The summed E-state index contributed by atoms with van der Waals surface area (Å²) < 4.78 is 5.72. The first kappa shape index (κ1) is 18.9. The molecule has 0 bridgehead atoms. The lowest BCUT2D eigenvalue weighted by atomic mass is 10.1. The van der Waals surface area contributed by atoms with Crippen molar-refractivity contribution in [3.8, 4) is 0 Å². The van der Waals surface area contributed by atoms with Crippen LogP contribution in [0.4, 0.5) is 0 Å². The fourth-order valence-electron chi connectivity index (χ4n) is 2.40. The van der Waals surface area contributed by atoms with Crippen molar-refractivity contribution < 1.29 is 14.3 Å². The van der Waals surface area contributed by atoms with Gasteiger partial charge < -0.3 is 20.7 Å². The van der Waals surface area contributed by atoms with Gasteiger partial charge in [0.25, 0.3) is 0 Å². The average Bonchev–Trinajstić information content (AvgIpc) is 2.51. The van der Waals surface area contributed by atoms with Crippen LogP contribution in [0.1, 0.15) is 46.0 Å². The van der Waals surface area contributed by atoms with Crippen molar-refractivity contribution in [3.05, 3.63) is 0 Å². The fraction of sp³-hybridized carbons (Fsp3) is 0.875. The van der Waals surface area contributed by atoms with Crippen molar-refractivity contribution in [1.29, 1.82) is 0 Å². The summed E-state index contributed by atoms with van der Waals surface area (Å²) >= 11 is 0. The van der Waals surface area contributed by atoms with E-state index in [2.05, 4.69) is 19.2 Å². The van der Waals surface area contributed by atoms with Gasteiger partial charge in [0.1, 0.15) is 0 Å². The first-order chi connectivity index (χ1) is 10.5. The van der Waals surface area contributed by atoms with E-state index in [4.69, 9.17) is 10.5 Å². The summed E-state index contributed by atoms with van der Waals surface area (Å²) in [5.41, 5.74) is 5.43. The Bertz CT molecular complexity index is 340. The van der Waals surface area contributed by atoms with Crippen LogP contribution in [0.15, 0.2) is 0 Å². The molecule has 0 atom stereocenters. The molecule has 1 saturated heterocycles. The zero-order valence-corrected chi connectivity index (χ0v) is 14.0. The number of amides is 2. The number of carbonyl (C=O) groups excluding carboxylic acids is 2. The number of nitrogens with zero attached hydrogens (tertiary/aromatic N) is 1. The molecule has 3 N–H and O–H groups in total. The van der Waals surface area contributed by atoms with Gasteiger partial charge in [-0.3, -0.25) is 9.59 Å². The zero-order chi connectivity index (χ0) is 16.4. The highest BCUT2D eigenvalue weighted by Gasteiger charge is 2.23. The van der Waals surface area contributed by atoms with Crippen LogP contribution >= 0.6 is 0 Å². The quantitative estimate of drug-likeness (QED) is 0.619. The molecule has 0 radical (unpaired) electrons. The Labute approximate surface area is 133 Å². The number of piperidine rings is 1. The maximum atomic E-state index is 12.1. The minimum Gasteiger partial charge on any atom is -0.378 e. The number of rotatable bonds is 9. The molecule has 0 aromatic heterocycles. The van der Waals surface area contributed by atoms with E-state index in [1.807, 2.05) is 4.90 Å². The monoisotopic (exact) mass is 313 g/mol. The van der Waals surface area contributed by atoms with Crippen LogP contribution in [0.25, 0.3) is 0 Å². The maximum absolute atomic E-state index is 12.1. The van der Waals surface area contributed by atoms with E-state index in [0.29, 0.717) is 38.6 Å². The molecule has 1 aliphatic heterocycles. The van der Waals surface area contributed by atoms with Gasteiger partial charge in [0.05, 0.1) is 12.6 Å². The second kappa shape index (κ2) is 10.6. The van der Waals surface area contributed by atoms with E-state index in [9.17, 15) is 9.59 Å². The molecule has 0 aromatic rings. The van der Waals surface area contributed by atoms with Gasteiger partial charge >= 0.3 is 0 Å². The average molecular weight is 313 g/mol. The first-order valence-corrected chi connectivity index (χ1v) is 8.39. The van der Waals surface area contributed by atoms with Crippen molar-refractivity contribution in [3.63, 3.8) is 0 Å². The lowest BCUT2D eigenvalue weighted by molar-refractivity contribution is -0.135. The molecule has 0 aliphatic carbocycles. The molecule has 22 heavy (non-hydrogen) atoms. The molecular formula is C16H31N3O3. The van der Waals surface area contributed by atoms with Crippen LogP contribution in [-0.4, -0.2) is 55.6 Å². The van der Waals surface area contributed by atoms with Gasteiger partial charge in [0.15, 0.2) is 0 Å². The highest BCUT2D eigenvalue weighted by atomic mass is 16.5. The summed E-state index contributed by atoms with van der Waals surface area (Å²) in [4.78, 5) is 25.5. The van der Waals surface area contributed by atoms with Crippen LogP contribution < -0.4 is 11.1 Å². The van der Waals surface area contributed by atoms with Crippen molar-refractivity contribution in [2.45, 2.75) is 52.1 Å². The van der Waals surface area contributed by atoms with Gasteiger partial charge in [-0.1, -0.05) is 13.8 Å². The lowest BCUT2D eigenvalue weighted by Crippen LogP contribution is -2.45. The third-order valence-corrected chi connectivity index (χ3v) is 3.88. The molecule has 0 unspecified atom stereocenters. The molecule has 128 valence electrons. The minimum atomic E-state index is -0.0398. The van der Waals surface area contributed by atoms with Crippen molar-refractivity contribution in [2.24, 2.45) is 11.7 Å². The highest BCUT2D eigenvalue weighted by molar-refractivity contribution is 5.84. The van der Waals surface area contributed by atoms with Crippen molar-refractivity contribution >= 4 is 11.8 Å². The van der Waals surface area contributed by atoms with E-state index < -0.39 is 0 Å². The third kappa shape index (κ3) is 7.75. The van der Waals surface area contributed by atoms with Crippen LogP contribution in [-0.2, 0) is 14.3 Å².